The van der Waals surface area contributed by atoms with Crippen LogP contribution in [0.2, 0.25) is 0 Å². The molecule has 6 nitrogen and oxygen atoms in total. The number of piperidine rings is 1. The van der Waals surface area contributed by atoms with Gasteiger partial charge in [0.25, 0.3) is 0 Å². The Labute approximate surface area is 120 Å². The minimum absolute atomic E-state index is 0.665. The number of nitrogens with zero attached hydrogens (tertiary/aromatic N) is 5. The summed E-state index contributed by atoms with van der Waals surface area (Å²) in [5.41, 5.74) is 0. The molecule has 1 aromatic rings. The van der Waals surface area contributed by atoms with Gasteiger partial charge in [-0.3, -0.25) is 0 Å². The fraction of sp³-hybridized carbons (Fsp3) is 0.786. The zero-order valence-corrected chi connectivity index (χ0v) is 12.5. The van der Waals surface area contributed by atoms with Crippen LogP contribution in [0.15, 0.2) is 0 Å². The first kappa shape index (κ1) is 13.4. The third kappa shape index (κ3) is 3.11. The Hall–Kier alpha value is -1.59. The van der Waals surface area contributed by atoms with E-state index in [4.69, 9.17) is 0 Å². The van der Waals surface area contributed by atoms with Gasteiger partial charge in [-0.1, -0.05) is 0 Å². The molecule has 0 bridgehead atoms. The van der Waals surface area contributed by atoms with Crippen LogP contribution in [-0.4, -0.2) is 48.7 Å². The van der Waals surface area contributed by atoms with E-state index in [9.17, 15) is 0 Å². The van der Waals surface area contributed by atoms with Crippen molar-refractivity contribution in [1.29, 1.82) is 0 Å². The summed E-state index contributed by atoms with van der Waals surface area (Å²) < 4.78 is 0. The molecule has 1 saturated heterocycles. The fourth-order valence-corrected chi connectivity index (χ4v) is 2.64. The van der Waals surface area contributed by atoms with Crippen molar-refractivity contribution in [3.63, 3.8) is 0 Å². The Morgan fingerprint density at radius 1 is 1.15 bits per heavy atom. The molecule has 2 aliphatic rings. The van der Waals surface area contributed by atoms with Crippen LogP contribution in [0.25, 0.3) is 0 Å². The van der Waals surface area contributed by atoms with Gasteiger partial charge in [0.05, 0.1) is 0 Å². The summed E-state index contributed by atoms with van der Waals surface area (Å²) in [4.78, 5) is 18.1. The van der Waals surface area contributed by atoms with E-state index in [0.717, 1.165) is 37.4 Å². The molecule has 0 spiro atoms. The lowest BCUT2D eigenvalue weighted by atomic mass is 10.1. The second-order valence-electron chi connectivity index (χ2n) is 5.88. The van der Waals surface area contributed by atoms with Crippen molar-refractivity contribution in [3.05, 3.63) is 0 Å². The van der Waals surface area contributed by atoms with E-state index in [2.05, 4.69) is 37.1 Å². The molecule has 1 saturated carbocycles. The molecule has 0 amide bonds. The highest BCUT2D eigenvalue weighted by Crippen LogP contribution is 2.30. The summed E-state index contributed by atoms with van der Waals surface area (Å²) >= 11 is 0. The maximum atomic E-state index is 4.68. The molecule has 3 rings (SSSR count). The zero-order valence-electron chi connectivity index (χ0n) is 12.5. The SMILES string of the molecule is CNc1nc(N(C)CC2CC2)nc(N2CCCCC2)n1. The molecule has 1 aromatic heterocycles. The highest BCUT2D eigenvalue weighted by atomic mass is 15.4. The molecule has 0 radical (unpaired) electrons. The maximum absolute atomic E-state index is 4.68. The molecule has 20 heavy (non-hydrogen) atoms. The van der Waals surface area contributed by atoms with Crippen LogP contribution in [-0.2, 0) is 0 Å². The largest absolute Gasteiger partial charge is 0.357 e. The van der Waals surface area contributed by atoms with Crippen molar-refractivity contribution in [2.45, 2.75) is 32.1 Å². The van der Waals surface area contributed by atoms with Gasteiger partial charge in [0, 0.05) is 33.7 Å². The first-order chi connectivity index (χ1) is 9.76. The molecule has 6 heteroatoms. The molecule has 1 aliphatic carbocycles. The van der Waals surface area contributed by atoms with Crippen LogP contribution in [0.3, 0.4) is 0 Å². The molecule has 110 valence electrons. The summed E-state index contributed by atoms with van der Waals surface area (Å²) in [6.45, 7) is 3.16. The topological polar surface area (TPSA) is 57.2 Å². The zero-order chi connectivity index (χ0) is 13.9. The van der Waals surface area contributed by atoms with Crippen molar-refractivity contribution < 1.29 is 0 Å². The minimum Gasteiger partial charge on any atom is -0.357 e. The fourth-order valence-electron chi connectivity index (χ4n) is 2.64. The van der Waals surface area contributed by atoms with Crippen molar-refractivity contribution in [2.75, 3.05) is 48.8 Å². The number of rotatable bonds is 5. The average molecular weight is 276 g/mol. The van der Waals surface area contributed by atoms with Crippen LogP contribution in [0, 0.1) is 5.92 Å². The van der Waals surface area contributed by atoms with Crippen molar-refractivity contribution >= 4 is 17.8 Å². The molecule has 2 heterocycles. The summed E-state index contributed by atoms with van der Waals surface area (Å²) in [5.74, 6) is 3.10. The van der Waals surface area contributed by atoms with E-state index in [-0.39, 0.29) is 0 Å². The van der Waals surface area contributed by atoms with Crippen LogP contribution in [0.1, 0.15) is 32.1 Å². The average Bonchev–Trinajstić information content (AvgIpc) is 3.31. The third-order valence-electron chi connectivity index (χ3n) is 4.04. The van der Waals surface area contributed by atoms with Gasteiger partial charge < -0.3 is 15.1 Å². The number of aromatic nitrogens is 3. The summed E-state index contributed by atoms with van der Waals surface area (Å²) in [6.07, 6.45) is 6.46. The summed E-state index contributed by atoms with van der Waals surface area (Å²) in [7, 11) is 3.94. The monoisotopic (exact) mass is 276 g/mol. The normalized spacial score (nSPS) is 19.0. The van der Waals surface area contributed by atoms with Gasteiger partial charge in [-0.2, -0.15) is 15.0 Å². The van der Waals surface area contributed by atoms with Crippen LogP contribution in [0.4, 0.5) is 17.8 Å². The van der Waals surface area contributed by atoms with Gasteiger partial charge in [0.1, 0.15) is 0 Å². The number of hydrogen-bond acceptors (Lipinski definition) is 6. The highest BCUT2D eigenvalue weighted by Gasteiger charge is 2.25. The third-order valence-corrected chi connectivity index (χ3v) is 4.04. The predicted octanol–water partition coefficient (Wildman–Crippen LogP) is 1.75. The van der Waals surface area contributed by atoms with E-state index < -0.39 is 0 Å². The van der Waals surface area contributed by atoms with E-state index in [0.29, 0.717) is 5.95 Å². The van der Waals surface area contributed by atoms with Gasteiger partial charge in [-0.25, -0.2) is 0 Å². The van der Waals surface area contributed by atoms with Gasteiger partial charge in [0.15, 0.2) is 0 Å². The molecular formula is C14H24N6. The van der Waals surface area contributed by atoms with E-state index >= 15 is 0 Å². The molecular weight excluding hydrogens is 252 g/mol. The Bertz CT molecular complexity index is 453. The van der Waals surface area contributed by atoms with Crippen molar-refractivity contribution in [2.24, 2.45) is 5.92 Å². The number of hydrogen-bond donors (Lipinski definition) is 1. The smallest absolute Gasteiger partial charge is 0.231 e. The Kier molecular flexibility index (Phi) is 3.89. The predicted molar refractivity (Wildman–Crippen MR) is 81.4 cm³/mol. The Morgan fingerprint density at radius 3 is 2.55 bits per heavy atom. The molecule has 0 atom stereocenters. The summed E-state index contributed by atoms with van der Waals surface area (Å²) in [6, 6.07) is 0. The van der Waals surface area contributed by atoms with Crippen molar-refractivity contribution in [3.8, 4) is 0 Å². The second-order valence-corrected chi connectivity index (χ2v) is 5.88. The first-order valence-electron chi connectivity index (χ1n) is 7.66. The lowest BCUT2D eigenvalue weighted by Gasteiger charge is -2.27. The Morgan fingerprint density at radius 2 is 1.90 bits per heavy atom. The molecule has 0 aromatic carbocycles. The van der Waals surface area contributed by atoms with Crippen LogP contribution >= 0.6 is 0 Å². The van der Waals surface area contributed by atoms with Gasteiger partial charge in [0.2, 0.25) is 17.8 Å². The van der Waals surface area contributed by atoms with Crippen molar-refractivity contribution in [1.82, 2.24) is 15.0 Å². The number of anilines is 3. The second kappa shape index (κ2) is 5.81. The molecule has 1 N–H and O–H groups in total. The standard InChI is InChI=1S/C14H24N6/c1-15-12-16-13(19(2)10-11-6-7-11)18-14(17-12)20-8-4-3-5-9-20/h11H,3-10H2,1-2H3,(H,15,16,17,18). The van der Waals surface area contributed by atoms with Crippen LogP contribution in [0.5, 0.6) is 0 Å². The summed E-state index contributed by atoms with van der Waals surface area (Å²) in [5, 5.41) is 3.06. The van der Waals surface area contributed by atoms with Gasteiger partial charge in [-0.05, 0) is 38.0 Å². The lowest BCUT2D eigenvalue weighted by molar-refractivity contribution is 0.567. The van der Waals surface area contributed by atoms with E-state index in [1.54, 1.807) is 0 Å². The maximum Gasteiger partial charge on any atom is 0.231 e. The van der Waals surface area contributed by atoms with Gasteiger partial charge >= 0.3 is 0 Å². The van der Waals surface area contributed by atoms with E-state index in [1.165, 1.54) is 32.1 Å². The molecule has 1 aliphatic heterocycles. The minimum atomic E-state index is 0.665. The van der Waals surface area contributed by atoms with Crippen LogP contribution < -0.4 is 15.1 Å². The molecule has 0 unspecified atom stereocenters. The van der Waals surface area contributed by atoms with E-state index in [1.807, 2.05) is 7.05 Å². The Balaban J connectivity index is 1.81. The molecule has 2 fully saturated rings. The lowest BCUT2D eigenvalue weighted by Crippen LogP contribution is -2.32. The number of nitrogens with one attached hydrogen (secondary N) is 1. The van der Waals surface area contributed by atoms with Gasteiger partial charge in [-0.15, -0.1) is 0 Å². The first-order valence-corrected chi connectivity index (χ1v) is 7.66. The highest BCUT2D eigenvalue weighted by molar-refractivity contribution is 5.45. The quantitative estimate of drug-likeness (QED) is 0.884.